The number of ether oxygens (including phenoxy) is 1. The van der Waals surface area contributed by atoms with Gasteiger partial charge in [0.05, 0.1) is 19.3 Å². The van der Waals surface area contributed by atoms with Crippen LogP contribution in [0.2, 0.25) is 0 Å². The standard InChI is InChI=1S/C14H25N3O2/c1-11(18)16-7-12-6-15(13-8-19-9-13)4-5-17(12)14(2,3)10-16/h12-13H,4-10H2,1-3H3. The number of carbonyl (C=O) groups excluding carboxylic acids is 1. The zero-order valence-corrected chi connectivity index (χ0v) is 12.3. The summed E-state index contributed by atoms with van der Waals surface area (Å²) in [4.78, 5) is 18.9. The van der Waals surface area contributed by atoms with Gasteiger partial charge in [0.1, 0.15) is 0 Å². The summed E-state index contributed by atoms with van der Waals surface area (Å²) in [6.45, 7) is 13.0. The Morgan fingerprint density at radius 2 is 1.89 bits per heavy atom. The number of rotatable bonds is 1. The summed E-state index contributed by atoms with van der Waals surface area (Å²) in [5.74, 6) is 0.205. The fourth-order valence-corrected chi connectivity index (χ4v) is 3.71. The number of piperazine rings is 2. The van der Waals surface area contributed by atoms with Crippen LogP contribution >= 0.6 is 0 Å². The van der Waals surface area contributed by atoms with Gasteiger partial charge in [0.2, 0.25) is 5.91 Å². The zero-order valence-electron chi connectivity index (χ0n) is 12.3. The molecule has 3 fully saturated rings. The molecule has 0 spiro atoms. The quantitative estimate of drug-likeness (QED) is 0.671. The van der Waals surface area contributed by atoms with E-state index in [1.807, 2.05) is 4.90 Å². The van der Waals surface area contributed by atoms with Crippen LogP contribution in [-0.2, 0) is 9.53 Å². The van der Waals surface area contributed by atoms with E-state index in [0.717, 1.165) is 45.9 Å². The molecule has 0 aromatic rings. The van der Waals surface area contributed by atoms with Crippen molar-refractivity contribution in [3.8, 4) is 0 Å². The van der Waals surface area contributed by atoms with Crippen molar-refractivity contribution < 1.29 is 9.53 Å². The molecular formula is C14H25N3O2. The molecule has 1 unspecified atom stereocenters. The third-order valence-corrected chi connectivity index (χ3v) is 4.88. The Morgan fingerprint density at radius 1 is 1.16 bits per heavy atom. The lowest BCUT2D eigenvalue weighted by Crippen LogP contribution is -2.71. The van der Waals surface area contributed by atoms with Gasteiger partial charge in [0.25, 0.3) is 0 Å². The Bertz CT molecular complexity index is 368. The molecule has 3 rings (SSSR count). The van der Waals surface area contributed by atoms with Crippen molar-refractivity contribution in [3.63, 3.8) is 0 Å². The van der Waals surface area contributed by atoms with Crippen molar-refractivity contribution >= 4 is 5.91 Å². The topological polar surface area (TPSA) is 36.0 Å². The molecule has 0 aromatic carbocycles. The van der Waals surface area contributed by atoms with Gasteiger partial charge in [0, 0.05) is 51.2 Å². The Labute approximate surface area is 115 Å². The summed E-state index contributed by atoms with van der Waals surface area (Å²) < 4.78 is 5.30. The van der Waals surface area contributed by atoms with Crippen LogP contribution in [0.5, 0.6) is 0 Å². The van der Waals surface area contributed by atoms with Crippen molar-refractivity contribution in [2.45, 2.75) is 38.4 Å². The van der Waals surface area contributed by atoms with Crippen molar-refractivity contribution in [1.82, 2.24) is 14.7 Å². The normalized spacial score (nSPS) is 32.8. The summed E-state index contributed by atoms with van der Waals surface area (Å²) in [5, 5.41) is 0. The van der Waals surface area contributed by atoms with E-state index in [1.54, 1.807) is 6.92 Å². The number of nitrogens with zero attached hydrogens (tertiary/aromatic N) is 3. The van der Waals surface area contributed by atoms with Gasteiger partial charge >= 0.3 is 0 Å². The van der Waals surface area contributed by atoms with Gasteiger partial charge in [-0.15, -0.1) is 0 Å². The fourth-order valence-electron chi connectivity index (χ4n) is 3.71. The molecular weight excluding hydrogens is 242 g/mol. The smallest absolute Gasteiger partial charge is 0.219 e. The minimum absolute atomic E-state index is 0.0940. The molecule has 3 aliphatic rings. The lowest BCUT2D eigenvalue weighted by atomic mass is 9.92. The maximum absolute atomic E-state index is 11.7. The van der Waals surface area contributed by atoms with Crippen molar-refractivity contribution in [2.75, 3.05) is 45.9 Å². The van der Waals surface area contributed by atoms with Gasteiger partial charge in [-0.1, -0.05) is 0 Å². The molecule has 0 bridgehead atoms. The van der Waals surface area contributed by atoms with Crippen molar-refractivity contribution in [2.24, 2.45) is 0 Å². The maximum Gasteiger partial charge on any atom is 0.219 e. The predicted octanol–water partition coefficient (Wildman–Crippen LogP) is 0.0121. The maximum atomic E-state index is 11.7. The second kappa shape index (κ2) is 4.72. The predicted molar refractivity (Wildman–Crippen MR) is 73.0 cm³/mol. The van der Waals surface area contributed by atoms with Gasteiger partial charge in [-0.3, -0.25) is 14.6 Å². The average molecular weight is 267 g/mol. The van der Waals surface area contributed by atoms with Crippen LogP contribution in [-0.4, -0.2) is 84.2 Å². The lowest BCUT2D eigenvalue weighted by Gasteiger charge is -2.56. The first kappa shape index (κ1) is 13.3. The molecule has 108 valence electrons. The van der Waals surface area contributed by atoms with E-state index in [0.29, 0.717) is 12.1 Å². The Hall–Kier alpha value is -0.650. The highest BCUT2D eigenvalue weighted by Crippen LogP contribution is 2.29. The van der Waals surface area contributed by atoms with Crippen LogP contribution in [0.15, 0.2) is 0 Å². The molecule has 1 atom stereocenters. The average Bonchev–Trinajstić information content (AvgIpc) is 2.25. The van der Waals surface area contributed by atoms with Crippen LogP contribution in [0.4, 0.5) is 0 Å². The first-order valence-electron chi connectivity index (χ1n) is 7.31. The van der Waals surface area contributed by atoms with E-state index in [-0.39, 0.29) is 11.4 Å². The van der Waals surface area contributed by atoms with E-state index in [4.69, 9.17) is 4.74 Å². The Balaban J connectivity index is 1.71. The molecule has 5 nitrogen and oxygen atoms in total. The summed E-state index contributed by atoms with van der Waals surface area (Å²) in [5.41, 5.74) is 0.0940. The van der Waals surface area contributed by atoms with E-state index in [1.165, 1.54) is 0 Å². The second-order valence-corrected chi connectivity index (χ2v) is 6.75. The molecule has 3 aliphatic heterocycles. The largest absolute Gasteiger partial charge is 0.378 e. The van der Waals surface area contributed by atoms with Gasteiger partial charge < -0.3 is 9.64 Å². The van der Waals surface area contributed by atoms with Crippen LogP contribution in [0.1, 0.15) is 20.8 Å². The third-order valence-electron chi connectivity index (χ3n) is 4.88. The number of amides is 1. The minimum atomic E-state index is 0.0940. The molecule has 1 amide bonds. The third kappa shape index (κ3) is 2.39. The highest BCUT2D eigenvalue weighted by atomic mass is 16.5. The number of carbonyl (C=O) groups is 1. The number of hydrogen-bond acceptors (Lipinski definition) is 4. The first-order valence-corrected chi connectivity index (χ1v) is 7.31. The fraction of sp³-hybridized carbons (Fsp3) is 0.929. The molecule has 0 aromatic heterocycles. The lowest BCUT2D eigenvalue weighted by molar-refractivity contribution is -0.144. The summed E-state index contributed by atoms with van der Waals surface area (Å²) in [6, 6.07) is 1.08. The van der Waals surface area contributed by atoms with Crippen LogP contribution in [0.25, 0.3) is 0 Å². The molecule has 5 heteroatoms. The number of hydrogen-bond donors (Lipinski definition) is 0. The zero-order chi connectivity index (χ0) is 13.6. The van der Waals surface area contributed by atoms with Gasteiger partial charge in [-0.2, -0.15) is 0 Å². The highest BCUT2D eigenvalue weighted by Gasteiger charge is 2.44. The van der Waals surface area contributed by atoms with E-state index in [2.05, 4.69) is 23.6 Å². The van der Waals surface area contributed by atoms with Crippen LogP contribution in [0.3, 0.4) is 0 Å². The highest BCUT2D eigenvalue weighted by molar-refractivity contribution is 5.73. The molecule has 0 N–H and O–H groups in total. The second-order valence-electron chi connectivity index (χ2n) is 6.75. The van der Waals surface area contributed by atoms with Gasteiger partial charge in [0.15, 0.2) is 0 Å². The summed E-state index contributed by atoms with van der Waals surface area (Å²) in [7, 11) is 0. The first-order chi connectivity index (χ1) is 8.97. The van der Waals surface area contributed by atoms with Crippen molar-refractivity contribution in [1.29, 1.82) is 0 Å². The van der Waals surface area contributed by atoms with E-state index in [9.17, 15) is 4.79 Å². The number of fused-ring (bicyclic) bond motifs is 1. The SMILES string of the molecule is CC(=O)N1CC2CN(C3COC3)CCN2C(C)(C)C1. The van der Waals surface area contributed by atoms with Gasteiger partial charge in [-0.25, -0.2) is 0 Å². The van der Waals surface area contributed by atoms with Crippen LogP contribution < -0.4 is 0 Å². The molecule has 19 heavy (non-hydrogen) atoms. The van der Waals surface area contributed by atoms with E-state index >= 15 is 0 Å². The van der Waals surface area contributed by atoms with E-state index < -0.39 is 0 Å². The van der Waals surface area contributed by atoms with Crippen molar-refractivity contribution in [3.05, 3.63) is 0 Å². The van der Waals surface area contributed by atoms with Crippen LogP contribution in [0, 0.1) is 0 Å². The molecule has 0 aliphatic carbocycles. The Morgan fingerprint density at radius 3 is 2.47 bits per heavy atom. The Kier molecular flexibility index (Phi) is 3.31. The van der Waals surface area contributed by atoms with Gasteiger partial charge in [-0.05, 0) is 13.8 Å². The molecule has 0 saturated carbocycles. The molecule has 0 radical (unpaired) electrons. The summed E-state index contributed by atoms with van der Waals surface area (Å²) >= 11 is 0. The monoisotopic (exact) mass is 267 g/mol. The molecule has 3 heterocycles. The molecule has 3 saturated heterocycles. The minimum Gasteiger partial charge on any atom is -0.378 e. The summed E-state index contributed by atoms with van der Waals surface area (Å²) in [6.07, 6.45) is 0.